The lowest BCUT2D eigenvalue weighted by Gasteiger charge is -2.22. The van der Waals surface area contributed by atoms with Gasteiger partial charge in [0.05, 0.1) is 23.1 Å². The summed E-state index contributed by atoms with van der Waals surface area (Å²) in [6, 6.07) is 25.6. The van der Waals surface area contributed by atoms with Gasteiger partial charge in [0.2, 0.25) is 0 Å². The van der Waals surface area contributed by atoms with Gasteiger partial charge >= 0.3 is 0 Å². The van der Waals surface area contributed by atoms with Gasteiger partial charge in [-0.25, -0.2) is 4.98 Å². The van der Waals surface area contributed by atoms with E-state index in [1.165, 1.54) is 5.56 Å². The van der Waals surface area contributed by atoms with Crippen LogP contribution in [0.1, 0.15) is 47.7 Å². The van der Waals surface area contributed by atoms with Gasteiger partial charge in [0.15, 0.2) is 0 Å². The van der Waals surface area contributed by atoms with Crippen molar-refractivity contribution in [2.75, 3.05) is 0 Å². The van der Waals surface area contributed by atoms with E-state index in [0.29, 0.717) is 5.56 Å². The Hall–Kier alpha value is -2.92. The highest BCUT2D eigenvalue weighted by molar-refractivity contribution is 9.10. The van der Waals surface area contributed by atoms with Crippen LogP contribution in [0.4, 0.5) is 0 Å². The van der Waals surface area contributed by atoms with Crippen LogP contribution in [0.15, 0.2) is 83.3 Å². The summed E-state index contributed by atoms with van der Waals surface area (Å²) in [5, 5.41) is 3.10. The summed E-state index contributed by atoms with van der Waals surface area (Å²) >= 11 is 3.40. The third-order valence-electron chi connectivity index (χ3n) is 5.13. The van der Waals surface area contributed by atoms with Crippen molar-refractivity contribution in [3.63, 3.8) is 0 Å². The lowest BCUT2D eigenvalue weighted by molar-refractivity contribution is 0.0937. The van der Waals surface area contributed by atoms with E-state index in [1.54, 1.807) is 0 Å². The largest absolute Gasteiger partial charge is 0.342 e. The standard InChI is InChI=1S/C24H22BrN3O/c1-16(26-24(29)19-12-14-20(25)15-13-19)23-27-21-10-6-7-11-22(21)28(23)17(2)18-8-4-3-5-9-18/h3-17H,1-2H3,(H,26,29). The van der Waals surface area contributed by atoms with E-state index in [0.717, 1.165) is 21.3 Å². The number of hydrogen-bond donors (Lipinski definition) is 1. The Morgan fingerprint density at radius 3 is 2.31 bits per heavy atom. The van der Waals surface area contributed by atoms with Crippen LogP contribution in [0.2, 0.25) is 0 Å². The molecule has 29 heavy (non-hydrogen) atoms. The molecule has 4 rings (SSSR count). The van der Waals surface area contributed by atoms with Crippen LogP contribution in [-0.2, 0) is 0 Å². The van der Waals surface area contributed by atoms with Crippen molar-refractivity contribution in [1.29, 1.82) is 0 Å². The number of nitrogens with one attached hydrogen (secondary N) is 1. The third-order valence-corrected chi connectivity index (χ3v) is 5.66. The first-order valence-electron chi connectivity index (χ1n) is 9.63. The van der Waals surface area contributed by atoms with Crippen molar-refractivity contribution in [2.45, 2.75) is 25.9 Å². The van der Waals surface area contributed by atoms with Crippen molar-refractivity contribution in [3.8, 4) is 0 Å². The molecule has 1 heterocycles. The number of carbonyl (C=O) groups excluding carboxylic acids is 1. The van der Waals surface area contributed by atoms with Crippen LogP contribution in [-0.4, -0.2) is 15.5 Å². The van der Waals surface area contributed by atoms with Gasteiger partial charge in [-0.1, -0.05) is 58.4 Å². The Morgan fingerprint density at radius 2 is 1.59 bits per heavy atom. The van der Waals surface area contributed by atoms with Gasteiger partial charge in [0.25, 0.3) is 5.91 Å². The van der Waals surface area contributed by atoms with Crippen LogP contribution in [0.3, 0.4) is 0 Å². The monoisotopic (exact) mass is 447 g/mol. The van der Waals surface area contributed by atoms with Crippen LogP contribution >= 0.6 is 15.9 Å². The molecule has 0 saturated carbocycles. The van der Waals surface area contributed by atoms with Crippen LogP contribution in [0.25, 0.3) is 11.0 Å². The SMILES string of the molecule is CC(NC(=O)c1ccc(Br)cc1)c1nc2ccccc2n1C(C)c1ccccc1. The van der Waals surface area contributed by atoms with Crippen molar-refractivity contribution in [1.82, 2.24) is 14.9 Å². The second kappa shape index (κ2) is 8.21. The van der Waals surface area contributed by atoms with Gasteiger partial charge in [0, 0.05) is 10.0 Å². The molecule has 5 heteroatoms. The summed E-state index contributed by atoms with van der Waals surface area (Å²) in [4.78, 5) is 17.6. The molecular formula is C24H22BrN3O. The minimum absolute atomic E-state index is 0.0885. The first kappa shape index (κ1) is 19.4. The maximum Gasteiger partial charge on any atom is 0.251 e. The summed E-state index contributed by atoms with van der Waals surface area (Å²) in [6.07, 6.45) is 0. The highest BCUT2D eigenvalue weighted by atomic mass is 79.9. The summed E-state index contributed by atoms with van der Waals surface area (Å²) in [6.45, 7) is 4.14. The van der Waals surface area contributed by atoms with E-state index in [4.69, 9.17) is 4.98 Å². The number of aromatic nitrogens is 2. The average molecular weight is 448 g/mol. The molecule has 3 aromatic carbocycles. The number of fused-ring (bicyclic) bond motifs is 1. The zero-order chi connectivity index (χ0) is 20.4. The topological polar surface area (TPSA) is 46.9 Å². The molecular weight excluding hydrogens is 426 g/mol. The van der Waals surface area contributed by atoms with E-state index >= 15 is 0 Å². The molecule has 2 unspecified atom stereocenters. The summed E-state index contributed by atoms with van der Waals surface area (Å²) in [7, 11) is 0. The Kier molecular flexibility index (Phi) is 5.49. The summed E-state index contributed by atoms with van der Waals surface area (Å²) in [5.41, 5.74) is 3.81. The molecule has 0 radical (unpaired) electrons. The number of benzene rings is 3. The lowest BCUT2D eigenvalue weighted by atomic mass is 10.1. The van der Waals surface area contributed by atoms with Gasteiger partial charge in [-0.3, -0.25) is 4.79 Å². The van der Waals surface area contributed by atoms with E-state index in [1.807, 2.05) is 67.6 Å². The minimum Gasteiger partial charge on any atom is -0.342 e. The highest BCUT2D eigenvalue weighted by Gasteiger charge is 2.22. The molecule has 0 saturated heterocycles. The van der Waals surface area contributed by atoms with Crippen LogP contribution in [0, 0.1) is 0 Å². The van der Waals surface area contributed by atoms with E-state index in [9.17, 15) is 4.79 Å². The second-order valence-corrected chi connectivity index (χ2v) is 8.03. The second-order valence-electron chi connectivity index (χ2n) is 7.12. The number of imidazole rings is 1. The maximum absolute atomic E-state index is 12.7. The number of carbonyl (C=O) groups is 1. The summed E-state index contributed by atoms with van der Waals surface area (Å²) < 4.78 is 3.16. The predicted octanol–water partition coefficient (Wildman–Crippen LogP) is 5.90. The Labute approximate surface area is 178 Å². The highest BCUT2D eigenvalue weighted by Crippen LogP contribution is 2.29. The van der Waals surface area contributed by atoms with Gasteiger partial charge in [-0.15, -0.1) is 0 Å². The number of rotatable bonds is 5. The Balaban J connectivity index is 1.71. The zero-order valence-electron chi connectivity index (χ0n) is 16.3. The van der Waals surface area contributed by atoms with Gasteiger partial charge in [-0.2, -0.15) is 0 Å². The summed E-state index contributed by atoms with van der Waals surface area (Å²) in [5.74, 6) is 0.726. The van der Waals surface area contributed by atoms with Crippen LogP contribution < -0.4 is 5.32 Å². The minimum atomic E-state index is -0.246. The molecule has 0 bridgehead atoms. The fourth-order valence-corrected chi connectivity index (χ4v) is 3.87. The number of amides is 1. The number of para-hydroxylation sites is 2. The first-order chi connectivity index (χ1) is 14.0. The molecule has 146 valence electrons. The molecule has 1 amide bonds. The van der Waals surface area contributed by atoms with Crippen molar-refractivity contribution < 1.29 is 4.79 Å². The Bertz CT molecular complexity index is 1140. The van der Waals surface area contributed by atoms with Gasteiger partial charge in [0.1, 0.15) is 5.82 Å². The third kappa shape index (κ3) is 3.96. The zero-order valence-corrected chi connectivity index (χ0v) is 17.9. The lowest BCUT2D eigenvalue weighted by Crippen LogP contribution is -2.29. The van der Waals surface area contributed by atoms with Crippen molar-refractivity contribution in [2.24, 2.45) is 0 Å². The molecule has 1 N–H and O–H groups in total. The molecule has 0 fully saturated rings. The van der Waals surface area contributed by atoms with Gasteiger partial charge < -0.3 is 9.88 Å². The van der Waals surface area contributed by atoms with Gasteiger partial charge in [-0.05, 0) is 55.8 Å². The number of nitrogens with zero attached hydrogens (tertiary/aromatic N) is 2. The van der Waals surface area contributed by atoms with E-state index < -0.39 is 0 Å². The maximum atomic E-state index is 12.7. The molecule has 4 aromatic rings. The van der Waals surface area contributed by atoms with E-state index in [2.05, 4.69) is 50.9 Å². The fourth-order valence-electron chi connectivity index (χ4n) is 3.60. The molecule has 0 spiro atoms. The number of halogens is 1. The normalized spacial score (nSPS) is 13.2. The molecule has 2 atom stereocenters. The average Bonchev–Trinajstić information content (AvgIpc) is 3.14. The molecule has 0 aliphatic heterocycles. The quantitative estimate of drug-likeness (QED) is 0.413. The number of hydrogen-bond acceptors (Lipinski definition) is 2. The smallest absolute Gasteiger partial charge is 0.251 e. The van der Waals surface area contributed by atoms with E-state index in [-0.39, 0.29) is 18.0 Å². The molecule has 0 aliphatic carbocycles. The van der Waals surface area contributed by atoms with Crippen molar-refractivity contribution >= 4 is 32.9 Å². The fraction of sp³-hybridized carbons (Fsp3) is 0.167. The van der Waals surface area contributed by atoms with Crippen molar-refractivity contribution in [3.05, 3.63) is 100 Å². The Morgan fingerprint density at radius 1 is 0.931 bits per heavy atom. The predicted molar refractivity (Wildman–Crippen MR) is 120 cm³/mol. The molecule has 4 nitrogen and oxygen atoms in total. The first-order valence-corrected chi connectivity index (χ1v) is 10.4. The van der Waals surface area contributed by atoms with Crippen LogP contribution in [0.5, 0.6) is 0 Å². The molecule has 1 aromatic heterocycles. The molecule has 0 aliphatic rings.